The molecule has 0 spiro atoms. The zero-order valence-electron chi connectivity index (χ0n) is 20.3. The lowest BCUT2D eigenvalue weighted by Crippen LogP contribution is -2.34. The number of aryl methyl sites for hydroxylation is 2. The van der Waals surface area contributed by atoms with E-state index in [2.05, 4.69) is 25.0 Å². The summed E-state index contributed by atoms with van der Waals surface area (Å²) in [6.45, 7) is 4.92. The third-order valence-electron chi connectivity index (χ3n) is 5.33. The summed E-state index contributed by atoms with van der Waals surface area (Å²) in [7, 11) is -2.63. The van der Waals surface area contributed by atoms with Crippen molar-refractivity contribution >= 4 is 7.75 Å². The van der Waals surface area contributed by atoms with E-state index in [1.807, 2.05) is 6.92 Å². The molecule has 1 saturated heterocycles. The number of aromatic amines is 1. The Morgan fingerprint density at radius 1 is 1.33 bits per heavy atom. The van der Waals surface area contributed by atoms with E-state index in [9.17, 15) is 14.2 Å². The highest BCUT2D eigenvalue weighted by atomic mass is 31.2. The topological polar surface area (TPSA) is 179 Å². The van der Waals surface area contributed by atoms with Crippen LogP contribution in [0.4, 0.5) is 0 Å². The van der Waals surface area contributed by atoms with E-state index < -0.39 is 43.4 Å². The zero-order valence-corrected chi connectivity index (χ0v) is 21.2. The van der Waals surface area contributed by atoms with Gasteiger partial charge in [0.15, 0.2) is 0 Å². The Kier molecular flexibility index (Phi) is 9.46. The third kappa shape index (κ3) is 7.28. The molecule has 0 bridgehead atoms. The molecule has 2 aromatic rings. The van der Waals surface area contributed by atoms with Crippen LogP contribution in [-0.4, -0.2) is 48.1 Å². The van der Waals surface area contributed by atoms with Crippen molar-refractivity contribution in [3.05, 3.63) is 72.9 Å². The Morgan fingerprint density at radius 3 is 2.72 bits per heavy atom. The van der Waals surface area contributed by atoms with Crippen LogP contribution in [0.25, 0.3) is 10.4 Å². The molecule has 0 amide bonds. The molecule has 5 atom stereocenters. The summed E-state index contributed by atoms with van der Waals surface area (Å²) >= 11 is 0. The quantitative estimate of drug-likeness (QED) is 0.105. The van der Waals surface area contributed by atoms with Crippen molar-refractivity contribution in [2.45, 2.75) is 51.6 Å². The molecule has 2 heterocycles. The molecule has 1 aliphatic heterocycles. The number of nitrogens with one attached hydrogen (secondary N) is 2. The first-order valence-electron chi connectivity index (χ1n) is 11.1. The average molecular weight is 524 g/mol. The van der Waals surface area contributed by atoms with Gasteiger partial charge in [-0.2, -0.15) is 0 Å². The highest BCUT2D eigenvalue weighted by molar-refractivity contribution is 7.52. The molecule has 0 saturated carbocycles. The van der Waals surface area contributed by atoms with Crippen molar-refractivity contribution in [1.29, 1.82) is 0 Å². The van der Waals surface area contributed by atoms with Gasteiger partial charge in [0.1, 0.15) is 12.0 Å². The van der Waals surface area contributed by atoms with Crippen molar-refractivity contribution in [1.82, 2.24) is 14.6 Å². The summed E-state index contributed by atoms with van der Waals surface area (Å²) in [6.07, 6.45) is -0.186. The highest BCUT2D eigenvalue weighted by Gasteiger charge is 2.39. The van der Waals surface area contributed by atoms with Crippen molar-refractivity contribution in [2.75, 3.05) is 20.3 Å². The maximum Gasteiger partial charge on any atom is 0.459 e. The first kappa shape index (κ1) is 27.6. The van der Waals surface area contributed by atoms with Crippen LogP contribution >= 0.6 is 7.75 Å². The molecule has 1 aromatic heterocycles. The fourth-order valence-corrected chi connectivity index (χ4v) is 5.04. The van der Waals surface area contributed by atoms with Gasteiger partial charge in [0, 0.05) is 29.1 Å². The lowest BCUT2D eigenvalue weighted by atomic mass is 10.1. The molecule has 3 rings (SSSR count). The summed E-state index contributed by atoms with van der Waals surface area (Å²) in [4.78, 5) is 38.6. The molecule has 196 valence electrons. The molecular weight excluding hydrogens is 495 g/mol. The first-order chi connectivity index (χ1) is 17.1. The van der Waals surface area contributed by atoms with Crippen LogP contribution in [0.1, 0.15) is 30.7 Å². The van der Waals surface area contributed by atoms with Gasteiger partial charge in [-0.1, -0.05) is 22.8 Å². The second-order valence-electron chi connectivity index (χ2n) is 8.29. The molecule has 14 nitrogen and oxygen atoms in total. The van der Waals surface area contributed by atoms with Gasteiger partial charge in [-0.25, -0.2) is 24.2 Å². The smallest absolute Gasteiger partial charge is 0.413 e. The van der Waals surface area contributed by atoms with Gasteiger partial charge < -0.3 is 9.26 Å². The lowest BCUT2D eigenvalue weighted by molar-refractivity contribution is -0.274. The van der Waals surface area contributed by atoms with E-state index in [1.165, 1.54) is 17.9 Å². The molecule has 15 heteroatoms. The first-order valence-corrected chi connectivity index (χ1v) is 12.6. The summed E-state index contributed by atoms with van der Waals surface area (Å²) in [5.74, 6) is 0.309. The van der Waals surface area contributed by atoms with E-state index in [1.54, 1.807) is 38.1 Å². The monoisotopic (exact) mass is 524 g/mol. The summed E-state index contributed by atoms with van der Waals surface area (Å²) in [5, 5.41) is 6.53. The minimum atomic E-state index is -3.98. The van der Waals surface area contributed by atoms with Crippen molar-refractivity contribution in [3.8, 4) is 5.75 Å². The third-order valence-corrected chi connectivity index (χ3v) is 7.03. The van der Waals surface area contributed by atoms with Gasteiger partial charge in [0.25, 0.3) is 5.56 Å². The minimum absolute atomic E-state index is 0.0545. The van der Waals surface area contributed by atoms with Crippen LogP contribution < -0.4 is 20.9 Å². The fraction of sp³-hybridized carbons (Fsp3) is 0.524. The minimum Gasteiger partial charge on any atom is -0.413 e. The van der Waals surface area contributed by atoms with Gasteiger partial charge in [-0.05, 0) is 38.4 Å². The summed E-state index contributed by atoms with van der Waals surface area (Å²) < 4.78 is 32.2. The highest BCUT2D eigenvalue weighted by Crippen LogP contribution is 2.46. The molecule has 1 aliphatic rings. The normalized spacial score (nSPS) is 21.9. The van der Waals surface area contributed by atoms with E-state index >= 15 is 0 Å². The molecule has 3 unspecified atom stereocenters. The second kappa shape index (κ2) is 12.3. The van der Waals surface area contributed by atoms with Crippen LogP contribution in [0.5, 0.6) is 5.75 Å². The Labute approximate surface area is 206 Å². The number of rotatable bonds is 12. The largest absolute Gasteiger partial charge is 0.459 e. The molecule has 0 aliphatic carbocycles. The molecule has 2 N–H and O–H groups in total. The number of H-pyrrole nitrogens is 1. The average Bonchev–Trinajstić information content (AvgIpc) is 3.23. The number of azide groups is 1. The Bertz CT molecular complexity index is 1240. The predicted octanol–water partition coefficient (Wildman–Crippen LogP) is 2.88. The van der Waals surface area contributed by atoms with Crippen LogP contribution in [0.15, 0.2) is 45.2 Å². The Balaban J connectivity index is 1.79. The molecular formula is C21H29N6O8P. The van der Waals surface area contributed by atoms with Gasteiger partial charge in [-0.15, -0.1) is 0 Å². The number of nitrogens with zero attached hydrogens (tertiary/aromatic N) is 4. The lowest BCUT2D eigenvalue weighted by Gasteiger charge is -2.25. The van der Waals surface area contributed by atoms with Crippen LogP contribution in [0, 0.1) is 13.8 Å². The zero-order chi connectivity index (χ0) is 26.3. The number of benzene rings is 1. The van der Waals surface area contributed by atoms with Gasteiger partial charge >= 0.3 is 13.4 Å². The van der Waals surface area contributed by atoms with E-state index in [-0.39, 0.29) is 19.6 Å². The van der Waals surface area contributed by atoms with Gasteiger partial charge in [0.2, 0.25) is 0 Å². The van der Waals surface area contributed by atoms with Crippen molar-refractivity contribution in [2.24, 2.45) is 5.11 Å². The number of ether oxygens (including phenoxy) is 1. The number of hydrogen-bond acceptors (Lipinski definition) is 9. The van der Waals surface area contributed by atoms with Crippen LogP contribution in [-0.2, 0) is 23.6 Å². The summed E-state index contributed by atoms with van der Waals surface area (Å²) in [5.41, 5.74) is 9.14. The summed E-state index contributed by atoms with van der Waals surface area (Å²) in [6, 6.07) is 5.67. The number of hydrogen-bond donors (Lipinski definition) is 2. The van der Waals surface area contributed by atoms with Crippen molar-refractivity contribution < 1.29 is 28.1 Å². The SMILES string of the molecule is COOCC(C)NP(=O)(OC[C@H]1O[C@@H](n2cc(C)c(=O)[nH]c2=O)CC1N=[N+]=[N-])Oc1ccc(C)cc1. The molecule has 0 radical (unpaired) electrons. The Hall–Kier alpha value is -2.96. The van der Waals surface area contributed by atoms with Crippen LogP contribution in [0.3, 0.4) is 0 Å². The van der Waals surface area contributed by atoms with E-state index in [0.29, 0.717) is 11.3 Å². The van der Waals surface area contributed by atoms with Crippen LogP contribution in [0.2, 0.25) is 0 Å². The molecule has 36 heavy (non-hydrogen) atoms. The van der Waals surface area contributed by atoms with Gasteiger partial charge in [-0.3, -0.25) is 18.9 Å². The van der Waals surface area contributed by atoms with E-state index in [4.69, 9.17) is 24.2 Å². The predicted molar refractivity (Wildman–Crippen MR) is 128 cm³/mol. The fourth-order valence-electron chi connectivity index (χ4n) is 3.50. The second-order valence-corrected chi connectivity index (χ2v) is 9.99. The maximum absolute atomic E-state index is 13.6. The standard InChI is InChI=1S/C21H29N6O8P/c1-13-5-7-16(8-6-13)35-36(30,25-15(3)11-32-31-4)33-12-18-17(24-26-22)9-19(34-18)27-10-14(2)20(28)23-21(27)29/h5-8,10,15,17-19H,9,11-12H2,1-4H3,(H,25,30)(H,23,28,29)/t15?,17?,18-,19-,36?/m1/s1. The Morgan fingerprint density at radius 2 is 2.06 bits per heavy atom. The number of aromatic nitrogens is 2. The molecule has 1 fully saturated rings. The molecule has 1 aromatic carbocycles. The van der Waals surface area contributed by atoms with Crippen molar-refractivity contribution in [3.63, 3.8) is 0 Å². The van der Waals surface area contributed by atoms with Gasteiger partial charge in [0.05, 0.1) is 32.5 Å². The maximum atomic E-state index is 13.6. The van der Waals surface area contributed by atoms with E-state index in [0.717, 1.165) is 5.56 Å².